The SMILES string of the molecule is CN(CCO)C(=O)C(NC(=O)OC(C)(C)C)C(C)(C)S. The Balaban J connectivity index is 4.92. The maximum Gasteiger partial charge on any atom is 0.408 e. The predicted molar refractivity (Wildman–Crippen MR) is 80.9 cm³/mol. The number of aliphatic hydroxyl groups is 1. The Morgan fingerprint density at radius 1 is 1.30 bits per heavy atom. The molecule has 118 valence electrons. The average molecular weight is 306 g/mol. The van der Waals surface area contributed by atoms with Crippen LogP contribution in [0.4, 0.5) is 4.79 Å². The van der Waals surface area contributed by atoms with Crippen LogP contribution in [0.25, 0.3) is 0 Å². The van der Waals surface area contributed by atoms with E-state index in [1.54, 1.807) is 41.7 Å². The molecule has 1 unspecified atom stereocenters. The minimum atomic E-state index is -0.850. The van der Waals surface area contributed by atoms with Crippen molar-refractivity contribution < 1.29 is 19.4 Å². The Bertz CT molecular complexity index is 347. The van der Waals surface area contributed by atoms with E-state index < -0.39 is 22.5 Å². The third-order valence-electron chi connectivity index (χ3n) is 2.43. The number of nitrogens with one attached hydrogen (secondary N) is 1. The number of amides is 2. The summed E-state index contributed by atoms with van der Waals surface area (Å²) in [6.45, 7) is 8.72. The minimum Gasteiger partial charge on any atom is -0.444 e. The molecule has 0 aromatic rings. The van der Waals surface area contributed by atoms with Crippen molar-refractivity contribution in [2.75, 3.05) is 20.2 Å². The number of likely N-dealkylation sites (N-methyl/N-ethyl adjacent to an activating group) is 1. The molecule has 0 heterocycles. The first kappa shape index (κ1) is 19.1. The van der Waals surface area contributed by atoms with Gasteiger partial charge in [0.1, 0.15) is 11.6 Å². The molecule has 2 N–H and O–H groups in total. The van der Waals surface area contributed by atoms with Gasteiger partial charge in [0.25, 0.3) is 0 Å². The first-order valence-corrected chi connectivity index (χ1v) is 6.91. The van der Waals surface area contributed by atoms with Gasteiger partial charge < -0.3 is 20.1 Å². The summed E-state index contributed by atoms with van der Waals surface area (Å²) < 4.78 is 4.38. The molecule has 0 aromatic heterocycles. The highest BCUT2D eigenvalue weighted by Crippen LogP contribution is 2.20. The fourth-order valence-electron chi connectivity index (χ4n) is 1.45. The molecule has 20 heavy (non-hydrogen) atoms. The van der Waals surface area contributed by atoms with Gasteiger partial charge in [-0.05, 0) is 34.6 Å². The Hall–Kier alpha value is -0.950. The third-order valence-corrected chi connectivity index (χ3v) is 2.68. The highest BCUT2D eigenvalue weighted by atomic mass is 32.1. The molecule has 0 fully saturated rings. The fraction of sp³-hybridized carbons (Fsp3) is 0.846. The fourth-order valence-corrected chi connectivity index (χ4v) is 1.62. The summed E-state index contributed by atoms with van der Waals surface area (Å²) in [5, 5.41) is 11.4. The number of alkyl carbamates (subject to hydrolysis) is 1. The largest absolute Gasteiger partial charge is 0.444 e. The summed E-state index contributed by atoms with van der Waals surface area (Å²) in [5.74, 6) is -0.329. The van der Waals surface area contributed by atoms with Gasteiger partial charge in [-0.15, -0.1) is 0 Å². The van der Waals surface area contributed by atoms with Gasteiger partial charge in [-0.2, -0.15) is 12.6 Å². The van der Waals surface area contributed by atoms with Gasteiger partial charge in [-0.1, -0.05) is 0 Å². The first-order valence-electron chi connectivity index (χ1n) is 6.46. The number of aliphatic hydroxyl groups excluding tert-OH is 1. The van der Waals surface area contributed by atoms with Crippen LogP contribution in [0.3, 0.4) is 0 Å². The number of nitrogens with zero attached hydrogens (tertiary/aromatic N) is 1. The van der Waals surface area contributed by atoms with Crippen LogP contribution in [0.2, 0.25) is 0 Å². The van der Waals surface area contributed by atoms with E-state index in [0.717, 1.165) is 0 Å². The number of carbonyl (C=O) groups excluding carboxylic acids is 2. The molecule has 0 aliphatic heterocycles. The van der Waals surface area contributed by atoms with Gasteiger partial charge in [0.2, 0.25) is 5.91 Å². The lowest BCUT2D eigenvalue weighted by Crippen LogP contribution is -2.56. The molecule has 0 aromatic carbocycles. The van der Waals surface area contributed by atoms with E-state index in [1.807, 2.05) is 0 Å². The van der Waals surface area contributed by atoms with E-state index in [0.29, 0.717) is 0 Å². The highest BCUT2D eigenvalue weighted by molar-refractivity contribution is 7.81. The van der Waals surface area contributed by atoms with E-state index in [-0.39, 0.29) is 19.1 Å². The molecular weight excluding hydrogens is 280 g/mol. The average Bonchev–Trinajstić information content (AvgIpc) is 2.21. The highest BCUT2D eigenvalue weighted by Gasteiger charge is 2.36. The van der Waals surface area contributed by atoms with Crippen LogP contribution in [-0.4, -0.2) is 58.6 Å². The number of hydrogen-bond acceptors (Lipinski definition) is 5. The molecule has 6 nitrogen and oxygen atoms in total. The topological polar surface area (TPSA) is 78.9 Å². The Morgan fingerprint density at radius 2 is 1.80 bits per heavy atom. The van der Waals surface area contributed by atoms with E-state index in [1.165, 1.54) is 4.90 Å². The van der Waals surface area contributed by atoms with E-state index in [9.17, 15) is 9.59 Å². The first-order chi connectivity index (χ1) is 8.88. The lowest BCUT2D eigenvalue weighted by molar-refractivity contribution is -0.133. The van der Waals surface area contributed by atoms with Crippen LogP contribution in [0, 0.1) is 0 Å². The molecule has 7 heteroatoms. The van der Waals surface area contributed by atoms with Gasteiger partial charge in [0.15, 0.2) is 0 Å². The summed E-state index contributed by atoms with van der Waals surface area (Å²) in [4.78, 5) is 25.4. The van der Waals surface area contributed by atoms with Crippen molar-refractivity contribution in [3.05, 3.63) is 0 Å². The van der Waals surface area contributed by atoms with Crippen LogP contribution in [-0.2, 0) is 9.53 Å². The zero-order valence-electron chi connectivity index (χ0n) is 13.1. The second-order valence-corrected chi connectivity index (χ2v) is 7.37. The van der Waals surface area contributed by atoms with Crippen molar-refractivity contribution >= 4 is 24.6 Å². The molecule has 0 saturated carbocycles. The second-order valence-electron chi connectivity index (χ2n) is 6.22. The maximum atomic E-state index is 12.3. The number of ether oxygens (including phenoxy) is 1. The third kappa shape index (κ3) is 7.00. The standard InChI is InChI=1S/C13H26N2O4S/c1-12(2,3)19-11(18)14-9(13(4,5)20)10(17)15(6)7-8-16/h9,16,20H,7-8H2,1-6H3,(H,14,18). The van der Waals surface area contributed by atoms with E-state index in [4.69, 9.17) is 9.84 Å². The molecule has 0 aliphatic carbocycles. The normalized spacial score (nSPS) is 13.6. The number of hydrogen-bond donors (Lipinski definition) is 3. The van der Waals surface area contributed by atoms with Gasteiger partial charge in [-0.25, -0.2) is 4.79 Å². The predicted octanol–water partition coefficient (Wildman–Crippen LogP) is 1.04. The van der Waals surface area contributed by atoms with Crippen LogP contribution in [0.1, 0.15) is 34.6 Å². The van der Waals surface area contributed by atoms with Crippen molar-refractivity contribution in [2.45, 2.75) is 51.0 Å². The van der Waals surface area contributed by atoms with Crippen LogP contribution in [0.5, 0.6) is 0 Å². The van der Waals surface area contributed by atoms with E-state index >= 15 is 0 Å². The molecular formula is C13H26N2O4S. The zero-order chi connectivity index (χ0) is 16.1. The van der Waals surface area contributed by atoms with Gasteiger partial charge in [-0.3, -0.25) is 4.79 Å². The molecule has 0 rings (SSSR count). The van der Waals surface area contributed by atoms with Crippen molar-refractivity contribution in [3.8, 4) is 0 Å². The van der Waals surface area contributed by atoms with Crippen LogP contribution in [0.15, 0.2) is 0 Å². The zero-order valence-corrected chi connectivity index (χ0v) is 14.0. The molecule has 2 amide bonds. The van der Waals surface area contributed by atoms with E-state index in [2.05, 4.69) is 17.9 Å². The number of rotatable bonds is 5. The summed E-state index contributed by atoms with van der Waals surface area (Å²) in [6, 6.07) is -0.850. The maximum absolute atomic E-state index is 12.3. The van der Waals surface area contributed by atoms with Gasteiger partial charge >= 0.3 is 6.09 Å². The Kier molecular flexibility index (Phi) is 6.83. The summed E-state index contributed by atoms with van der Waals surface area (Å²) in [6.07, 6.45) is -0.671. The molecule has 0 bridgehead atoms. The van der Waals surface area contributed by atoms with Gasteiger partial charge in [0.05, 0.1) is 6.61 Å². The lowest BCUT2D eigenvalue weighted by Gasteiger charge is -2.33. The second kappa shape index (κ2) is 7.17. The Morgan fingerprint density at radius 3 is 2.15 bits per heavy atom. The van der Waals surface area contributed by atoms with Crippen LogP contribution >= 0.6 is 12.6 Å². The number of thiol groups is 1. The number of carbonyl (C=O) groups is 2. The van der Waals surface area contributed by atoms with Gasteiger partial charge in [0, 0.05) is 18.3 Å². The Labute approximate surface area is 126 Å². The lowest BCUT2D eigenvalue weighted by atomic mass is 10.0. The van der Waals surface area contributed by atoms with Crippen LogP contribution < -0.4 is 5.32 Å². The molecule has 1 atom stereocenters. The van der Waals surface area contributed by atoms with Crippen molar-refractivity contribution in [1.82, 2.24) is 10.2 Å². The quantitative estimate of drug-likeness (QED) is 0.663. The monoisotopic (exact) mass is 306 g/mol. The summed E-state index contributed by atoms with van der Waals surface area (Å²) >= 11 is 4.36. The van der Waals surface area contributed by atoms with Crippen molar-refractivity contribution in [3.63, 3.8) is 0 Å². The molecule has 0 spiro atoms. The molecule has 0 radical (unpaired) electrons. The summed E-state index contributed by atoms with van der Waals surface area (Å²) in [7, 11) is 1.56. The molecule has 0 saturated heterocycles. The summed E-state index contributed by atoms with van der Waals surface area (Å²) in [5.41, 5.74) is -0.643. The van der Waals surface area contributed by atoms with Crippen molar-refractivity contribution in [2.24, 2.45) is 0 Å². The minimum absolute atomic E-state index is 0.144. The smallest absolute Gasteiger partial charge is 0.408 e. The van der Waals surface area contributed by atoms with Crippen molar-refractivity contribution in [1.29, 1.82) is 0 Å². The molecule has 0 aliphatic rings.